The minimum atomic E-state index is -1.03. The molecule has 0 spiro atoms. The number of carbonyl (C=O) groups excluding carboxylic acids is 1. The molecule has 1 aliphatic heterocycles. The molecule has 2 rings (SSSR count). The first-order chi connectivity index (χ1) is 9.06. The van der Waals surface area contributed by atoms with Crippen molar-refractivity contribution < 1.29 is 24.5 Å². The van der Waals surface area contributed by atoms with Gasteiger partial charge in [0.15, 0.2) is 6.61 Å². The lowest BCUT2D eigenvalue weighted by molar-refractivity contribution is -0.139. The third-order valence-corrected chi connectivity index (χ3v) is 3.04. The number of aliphatic hydroxyl groups excluding tert-OH is 1. The summed E-state index contributed by atoms with van der Waals surface area (Å²) < 4.78 is 5.02. The van der Waals surface area contributed by atoms with Gasteiger partial charge >= 0.3 is 5.97 Å². The Labute approximate surface area is 110 Å². The van der Waals surface area contributed by atoms with Crippen molar-refractivity contribution in [2.75, 3.05) is 6.61 Å². The number of hydrogen-bond acceptors (Lipinski definition) is 4. The Hall–Kier alpha value is -2.08. The third kappa shape index (κ3) is 3.45. The van der Waals surface area contributed by atoms with Crippen LogP contribution < -0.4 is 10.1 Å². The lowest BCUT2D eigenvalue weighted by Crippen LogP contribution is -2.43. The lowest BCUT2D eigenvalue weighted by Gasteiger charge is -2.28. The molecule has 0 aliphatic carbocycles. The van der Waals surface area contributed by atoms with Gasteiger partial charge in [-0.05, 0) is 24.1 Å². The summed E-state index contributed by atoms with van der Waals surface area (Å²) in [6, 6.07) is 6.84. The summed E-state index contributed by atoms with van der Waals surface area (Å²) in [6.07, 6.45) is 0.0912. The zero-order chi connectivity index (χ0) is 13.8. The van der Waals surface area contributed by atoms with Crippen LogP contribution in [0.2, 0.25) is 0 Å². The van der Waals surface area contributed by atoms with Crippen LogP contribution in [0.1, 0.15) is 24.3 Å². The van der Waals surface area contributed by atoms with Crippen molar-refractivity contribution in [3.63, 3.8) is 0 Å². The second-order valence-corrected chi connectivity index (χ2v) is 4.41. The van der Waals surface area contributed by atoms with Crippen LogP contribution in [0.3, 0.4) is 0 Å². The molecular weight excluding hydrogens is 250 g/mol. The van der Waals surface area contributed by atoms with Gasteiger partial charge in [0.05, 0.1) is 0 Å². The number of carboxylic acid groups (broad SMARTS) is 1. The van der Waals surface area contributed by atoms with Crippen LogP contribution in [0.5, 0.6) is 5.75 Å². The average Bonchev–Trinajstić information content (AvgIpc) is 2.37. The molecule has 102 valence electrons. The molecule has 3 N–H and O–H groups in total. The second kappa shape index (κ2) is 5.71. The highest BCUT2D eigenvalue weighted by Crippen LogP contribution is 2.28. The normalized spacial score (nSPS) is 22.7. The summed E-state index contributed by atoms with van der Waals surface area (Å²) in [7, 11) is 0. The number of aliphatic hydroxyl groups is 1. The number of amides is 1. The van der Waals surface area contributed by atoms with Crippen LogP contribution in [-0.4, -0.2) is 34.9 Å². The van der Waals surface area contributed by atoms with E-state index < -0.39 is 12.2 Å². The van der Waals surface area contributed by atoms with Crippen molar-refractivity contribution in [3.8, 4) is 5.75 Å². The van der Waals surface area contributed by atoms with E-state index >= 15 is 0 Å². The van der Waals surface area contributed by atoms with Crippen LogP contribution in [0.4, 0.5) is 0 Å². The van der Waals surface area contributed by atoms with Crippen molar-refractivity contribution >= 4 is 11.9 Å². The number of piperidine rings is 1. The molecule has 1 heterocycles. The van der Waals surface area contributed by atoms with E-state index in [1.165, 1.54) is 0 Å². The fourth-order valence-corrected chi connectivity index (χ4v) is 2.09. The molecule has 0 radical (unpaired) electrons. The van der Waals surface area contributed by atoms with E-state index in [2.05, 4.69) is 5.32 Å². The van der Waals surface area contributed by atoms with Crippen molar-refractivity contribution in [2.45, 2.75) is 25.0 Å². The largest absolute Gasteiger partial charge is 0.482 e. The van der Waals surface area contributed by atoms with Crippen LogP contribution >= 0.6 is 0 Å². The number of hydrogen-bond donors (Lipinski definition) is 3. The Kier molecular flexibility index (Phi) is 4.01. The fraction of sp³-hybridized carbons (Fsp3) is 0.385. The highest BCUT2D eigenvalue weighted by Gasteiger charge is 2.27. The van der Waals surface area contributed by atoms with Crippen LogP contribution in [0.15, 0.2) is 24.3 Å². The molecule has 6 nitrogen and oxygen atoms in total. The van der Waals surface area contributed by atoms with Gasteiger partial charge in [0.2, 0.25) is 5.91 Å². The van der Waals surface area contributed by atoms with Crippen LogP contribution in [0, 0.1) is 0 Å². The first kappa shape index (κ1) is 13.4. The van der Waals surface area contributed by atoms with Gasteiger partial charge in [-0.25, -0.2) is 4.79 Å². The summed E-state index contributed by atoms with van der Waals surface area (Å²) in [5.74, 6) is -0.869. The maximum Gasteiger partial charge on any atom is 0.341 e. The fourth-order valence-electron chi connectivity index (χ4n) is 2.09. The minimum Gasteiger partial charge on any atom is -0.482 e. The Morgan fingerprint density at radius 1 is 1.37 bits per heavy atom. The molecule has 0 saturated carbocycles. The van der Waals surface area contributed by atoms with Crippen LogP contribution in [-0.2, 0) is 9.59 Å². The Morgan fingerprint density at radius 2 is 2.05 bits per heavy atom. The van der Waals surface area contributed by atoms with Gasteiger partial charge < -0.3 is 20.3 Å². The van der Waals surface area contributed by atoms with E-state index in [9.17, 15) is 14.7 Å². The molecule has 0 aromatic heterocycles. The molecule has 1 aliphatic rings. The highest BCUT2D eigenvalue weighted by molar-refractivity contribution is 5.77. The van der Waals surface area contributed by atoms with Crippen LogP contribution in [0.25, 0.3) is 0 Å². The quantitative estimate of drug-likeness (QED) is 0.735. The molecule has 1 fully saturated rings. The topological polar surface area (TPSA) is 95.9 Å². The number of rotatable bonds is 4. The third-order valence-electron chi connectivity index (χ3n) is 3.04. The average molecular weight is 265 g/mol. The number of carboxylic acids is 1. The van der Waals surface area contributed by atoms with Gasteiger partial charge in [-0.1, -0.05) is 12.1 Å². The summed E-state index contributed by atoms with van der Waals surface area (Å²) in [4.78, 5) is 21.5. The van der Waals surface area contributed by atoms with Crippen molar-refractivity contribution in [1.82, 2.24) is 5.32 Å². The molecule has 1 aromatic rings. The molecule has 1 aromatic carbocycles. The SMILES string of the molecule is O=C(O)COc1ccc(C2CCC(=O)NC2O)cc1. The number of nitrogens with one attached hydrogen (secondary N) is 1. The Morgan fingerprint density at radius 3 is 2.63 bits per heavy atom. The molecule has 19 heavy (non-hydrogen) atoms. The van der Waals surface area contributed by atoms with Gasteiger partial charge in [0, 0.05) is 12.3 Å². The smallest absolute Gasteiger partial charge is 0.341 e. The first-order valence-electron chi connectivity index (χ1n) is 5.98. The maximum absolute atomic E-state index is 11.1. The maximum atomic E-state index is 11.1. The zero-order valence-electron chi connectivity index (χ0n) is 10.2. The van der Waals surface area contributed by atoms with Gasteiger partial charge in [-0.15, -0.1) is 0 Å². The van der Waals surface area contributed by atoms with Gasteiger partial charge in [-0.2, -0.15) is 0 Å². The number of ether oxygens (including phenoxy) is 1. The monoisotopic (exact) mass is 265 g/mol. The van der Waals surface area contributed by atoms with Crippen molar-refractivity contribution in [1.29, 1.82) is 0 Å². The number of aliphatic carboxylic acids is 1. The minimum absolute atomic E-state index is 0.147. The predicted octanol–water partition coefficient (Wildman–Crippen LogP) is 0.462. The van der Waals surface area contributed by atoms with E-state index in [-0.39, 0.29) is 18.4 Å². The van der Waals surface area contributed by atoms with Crippen molar-refractivity contribution in [3.05, 3.63) is 29.8 Å². The number of carbonyl (C=O) groups is 2. The summed E-state index contributed by atoms with van der Waals surface area (Å²) >= 11 is 0. The summed E-state index contributed by atoms with van der Waals surface area (Å²) in [5, 5.41) is 20.8. The van der Waals surface area contributed by atoms with E-state index in [1.807, 2.05) is 0 Å². The standard InChI is InChI=1S/C13H15NO5/c15-11-6-5-10(13(18)14-11)8-1-3-9(4-2-8)19-7-12(16)17/h1-4,10,13,18H,5-7H2,(H,14,15)(H,16,17). The van der Waals surface area contributed by atoms with Crippen molar-refractivity contribution in [2.24, 2.45) is 0 Å². The van der Waals surface area contributed by atoms with E-state index in [0.717, 1.165) is 5.56 Å². The zero-order valence-corrected chi connectivity index (χ0v) is 10.2. The second-order valence-electron chi connectivity index (χ2n) is 4.41. The van der Waals surface area contributed by atoms with Gasteiger partial charge in [-0.3, -0.25) is 4.79 Å². The molecular formula is C13H15NO5. The Bertz CT molecular complexity index is 470. The van der Waals surface area contributed by atoms with E-state index in [1.54, 1.807) is 24.3 Å². The van der Waals surface area contributed by atoms with E-state index in [4.69, 9.17) is 9.84 Å². The molecule has 0 bridgehead atoms. The highest BCUT2D eigenvalue weighted by atomic mass is 16.5. The first-order valence-corrected chi connectivity index (χ1v) is 5.98. The van der Waals surface area contributed by atoms with E-state index in [0.29, 0.717) is 18.6 Å². The predicted molar refractivity (Wildman–Crippen MR) is 65.7 cm³/mol. The summed E-state index contributed by atoms with van der Waals surface area (Å²) in [5.41, 5.74) is 0.884. The molecule has 1 saturated heterocycles. The molecule has 2 unspecified atom stereocenters. The molecule has 1 amide bonds. The summed E-state index contributed by atoms with van der Waals surface area (Å²) in [6.45, 7) is -0.387. The molecule has 2 atom stereocenters. The van der Waals surface area contributed by atoms with Gasteiger partial charge in [0.1, 0.15) is 12.0 Å². The molecule has 6 heteroatoms. The van der Waals surface area contributed by atoms with Gasteiger partial charge in [0.25, 0.3) is 0 Å². The Balaban J connectivity index is 2.01. The lowest BCUT2D eigenvalue weighted by atomic mass is 9.90. The number of benzene rings is 1.